The number of aliphatic carboxylic acids is 1. The molecule has 0 spiro atoms. The number of benzene rings is 2. The molecule has 0 aliphatic rings. The van der Waals surface area contributed by atoms with E-state index in [-0.39, 0.29) is 4.90 Å². The van der Waals surface area contributed by atoms with E-state index in [2.05, 4.69) is 0 Å². The largest absolute Gasteiger partial charge is 0.497 e. The monoisotopic (exact) mass is 391 g/mol. The summed E-state index contributed by atoms with van der Waals surface area (Å²) in [6.07, 6.45) is 0.361. The zero-order valence-corrected chi connectivity index (χ0v) is 16.7. The molecule has 2 atom stereocenters. The van der Waals surface area contributed by atoms with Gasteiger partial charge in [0, 0.05) is 6.04 Å². The summed E-state index contributed by atoms with van der Waals surface area (Å²) in [5, 5.41) is 9.48. The Hall–Kier alpha value is -2.38. The topological polar surface area (TPSA) is 83.9 Å². The van der Waals surface area contributed by atoms with E-state index in [1.54, 1.807) is 32.2 Å². The fraction of sp³-hybridized carbons (Fsp3) is 0.350. The van der Waals surface area contributed by atoms with Gasteiger partial charge >= 0.3 is 5.97 Å². The fourth-order valence-corrected chi connectivity index (χ4v) is 4.78. The SMILES string of the molecule is COc1cccc(CC(C)N([C@@H](C)C(=O)O)S(=O)(=O)c2ccc(C)cc2)c1. The lowest BCUT2D eigenvalue weighted by molar-refractivity contribution is -0.141. The van der Waals surface area contributed by atoms with Crippen molar-refractivity contribution in [3.63, 3.8) is 0 Å². The van der Waals surface area contributed by atoms with Crippen LogP contribution in [0.4, 0.5) is 0 Å². The lowest BCUT2D eigenvalue weighted by atomic mass is 10.1. The first kappa shape index (κ1) is 20.9. The first-order valence-corrected chi connectivity index (χ1v) is 10.1. The Balaban J connectivity index is 2.41. The molecule has 1 N–H and O–H groups in total. The molecule has 146 valence electrons. The molecule has 0 saturated heterocycles. The molecule has 0 fully saturated rings. The third-order valence-corrected chi connectivity index (χ3v) is 6.53. The van der Waals surface area contributed by atoms with Gasteiger partial charge in [-0.2, -0.15) is 4.31 Å². The molecular weight excluding hydrogens is 366 g/mol. The summed E-state index contributed by atoms with van der Waals surface area (Å²) in [7, 11) is -2.42. The highest BCUT2D eigenvalue weighted by Crippen LogP contribution is 2.24. The number of aryl methyl sites for hydroxylation is 1. The van der Waals surface area contributed by atoms with Crippen LogP contribution >= 0.6 is 0 Å². The number of hydrogen-bond acceptors (Lipinski definition) is 4. The van der Waals surface area contributed by atoms with E-state index >= 15 is 0 Å². The Morgan fingerprint density at radius 1 is 1.15 bits per heavy atom. The summed E-state index contributed by atoms with van der Waals surface area (Å²) < 4.78 is 32.6. The minimum atomic E-state index is -3.98. The second-order valence-corrected chi connectivity index (χ2v) is 8.41. The molecule has 0 heterocycles. The number of hydrogen-bond donors (Lipinski definition) is 1. The average molecular weight is 391 g/mol. The Morgan fingerprint density at radius 2 is 1.78 bits per heavy atom. The van der Waals surface area contributed by atoms with Gasteiger partial charge in [0.2, 0.25) is 10.0 Å². The molecule has 6 nitrogen and oxygen atoms in total. The number of methoxy groups -OCH3 is 1. The Kier molecular flexibility index (Phi) is 6.62. The zero-order valence-electron chi connectivity index (χ0n) is 15.9. The number of nitrogens with zero attached hydrogens (tertiary/aromatic N) is 1. The molecule has 7 heteroatoms. The Morgan fingerprint density at radius 3 is 2.33 bits per heavy atom. The second kappa shape index (κ2) is 8.54. The van der Waals surface area contributed by atoms with Gasteiger partial charge < -0.3 is 9.84 Å². The third kappa shape index (κ3) is 4.87. The van der Waals surface area contributed by atoms with Gasteiger partial charge in [-0.05, 0) is 57.0 Å². The van der Waals surface area contributed by atoms with Crippen molar-refractivity contribution in [1.82, 2.24) is 4.31 Å². The van der Waals surface area contributed by atoms with Crippen molar-refractivity contribution in [3.05, 3.63) is 59.7 Å². The van der Waals surface area contributed by atoms with Crippen LogP contribution in [0.5, 0.6) is 5.75 Å². The van der Waals surface area contributed by atoms with Crippen LogP contribution in [0.2, 0.25) is 0 Å². The number of sulfonamides is 1. The van der Waals surface area contributed by atoms with Gasteiger partial charge in [0.15, 0.2) is 0 Å². The standard InChI is InChI=1S/C20H25NO5S/c1-14-8-10-19(11-9-14)27(24,25)21(16(3)20(22)23)15(2)12-17-6-5-7-18(13-17)26-4/h5-11,13,15-16H,12H2,1-4H3,(H,22,23)/t15?,16-/m0/s1. The summed E-state index contributed by atoms with van der Waals surface area (Å²) >= 11 is 0. The lowest BCUT2D eigenvalue weighted by Gasteiger charge is -2.31. The minimum absolute atomic E-state index is 0.0821. The maximum absolute atomic E-state index is 13.2. The van der Waals surface area contributed by atoms with Crippen LogP contribution in [0.15, 0.2) is 53.4 Å². The minimum Gasteiger partial charge on any atom is -0.497 e. The number of rotatable bonds is 8. The van der Waals surface area contributed by atoms with Crippen LogP contribution in [0.1, 0.15) is 25.0 Å². The second-order valence-electron chi connectivity index (χ2n) is 6.57. The summed E-state index contributed by atoms with van der Waals surface area (Å²) in [6.45, 7) is 4.96. The summed E-state index contributed by atoms with van der Waals surface area (Å²) in [4.78, 5) is 11.7. The van der Waals surface area contributed by atoms with Crippen LogP contribution in [0.25, 0.3) is 0 Å². The molecule has 2 aromatic rings. The van der Waals surface area contributed by atoms with E-state index < -0.39 is 28.1 Å². The van der Waals surface area contributed by atoms with Crippen molar-refractivity contribution in [2.75, 3.05) is 7.11 Å². The quantitative estimate of drug-likeness (QED) is 0.747. The first-order chi connectivity index (χ1) is 12.7. The highest BCUT2D eigenvalue weighted by Gasteiger charge is 2.36. The van der Waals surface area contributed by atoms with Gasteiger partial charge in [0.1, 0.15) is 11.8 Å². The predicted octanol–water partition coefficient (Wildman–Crippen LogP) is 3.10. The maximum atomic E-state index is 13.2. The Labute approximate surface area is 160 Å². The van der Waals surface area contributed by atoms with Gasteiger partial charge in [0.05, 0.1) is 12.0 Å². The molecule has 2 aromatic carbocycles. The summed E-state index contributed by atoms with van der Waals surface area (Å²) in [6, 6.07) is 11.9. The molecule has 2 rings (SSSR count). The average Bonchev–Trinajstić information content (AvgIpc) is 2.62. The fourth-order valence-electron chi connectivity index (χ4n) is 3.00. The molecule has 0 saturated carbocycles. The van der Waals surface area contributed by atoms with Crippen LogP contribution in [0, 0.1) is 6.92 Å². The summed E-state index contributed by atoms with van der Waals surface area (Å²) in [5.74, 6) is -0.526. The van der Waals surface area contributed by atoms with Crippen LogP contribution in [-0.4, -0.2) is 43.0 Å². The maximum Gasteiger partial charge on any atom is 0.321 e. The van der Waals surface area contributed by atoms with E-state index in [4.69, 9.17) is 4.74 Å². The van der Waals surface area contributed by atoms with E-state index in [1.807, 2.05) is 25.1 Å². The van der Waals surface area contributed by atoms with Gasteiger partial charge in [-0.1, -0.05) is 29.8 Å². The van der Waals surface area contributed by atoms with E-state index in [1.165, 1.54) is 19.1 Å². The van der Waals surface area contributed by atoms with E-state index in [0.29, 0.717) is 12.2 Å². The van der Waals surface area contributed by atoms with Gasteiger partial charge in [-0.25, -0.2) is 8.42 Å². The lowest BCUT2D eigenvalue weighted by Crippen LogP contribution is -2.49. The number of ether oxygens (including phenoxy) is 1. The first-order valence-electron chi connectivity index (χ1n) is 8.62. The van der Waals surface area contributed by atoms with Crippen molar-refractivity contribution >= 4 is 16.0 Å². The van der Waals surface area contributed by atoms with E-state index in [0.717, 1.165) is 15.4 Å². The van der Waals surface area contributed by atoms with Crippen molar-refractivity contribution in [1.29, 1.82) is 0 Å². The number of carboxylic acid groups (broad SMARTS) is 1. The zero-order chi connectivity index (χ0) is 20.2. The smallest absolute Gasteiger partial charge is 0.321 e. The van der Waals surface area contributed by atoms with Crippen LogP contribution < -0.4 is 4.74 Å². The van der Waals surface area contributed by atoms with Crippen molar-refractivity contribution < 1.29 is 23.1 Å². The molecule has 27 heavy (non-hydrogen) atoms. The van der Waals surface area contributed by atoms with Crippen molar-refractivity contribution in [3.8, 4) is 5.75 Å². The molecule has 0 aliphatic carbocycles. The predicted molar refractivity (Wildman–Crippen MR) is 103 cm³/mol. The third-order valence-electron chi connectivity index (χ3n) is 4.44. The highest BCUT2D eigenvalue weighted by atomic mass is 32.2. The molecule has 0 bridgehead atoms. The molecular formula is C20H25NO5S. The van der Waals surface area contributed by atoms with Gasteiger partial charge in [0.25, 0.3) is 0 Å². The highest BCUT2D eigenvalue weighted by molar-refractivity contribution is 7.89. The van der Waals surface area contributed by atoms with E-state index in [9.17, 15) is 18.3 Å². The van der Waals surface area contributed by atoms with Crippen molar-refractivity contribution in [2.45, 2.75) is 44.2 Å². The van der Waals surface area contributed by atoms with Gasteiger partial charge in [-0.15, -0.1) is 0 Å². The van der Waals surface area contributed by atoms with Crippen LogP contribution in [0.3, 0.4) is 0 Å². The number of carboxylic acids is 1. The molecule has 0 aliphatic heterocycles. The normalized spacial score (nSPS) is 14.0. The van der Waals surface area contributed by atoms with Crippen molar-refractivity contribution in [2.24, 2.45) is 0 Å². The molecule has 0 amide bonds. The number of carbonyl (C=O) groups is 1. The van der Waals surface area contributed by atoms with Gasteiger partial charge in [-0.3, -0.25) is 4.79 Å². The summed E-state index contributed by atoms with van der Waals surface area (Å²) in [5.41, 5.74) is 1.79. The molecule has 0 aromatic heterocycles. The Bertz CT molecular complexity index is 893. The molecule has 0 radical (unpaired) electrons. The molecule has 1 unspecified atom stereocenters. The van der Waals surface area contributed by atoms with Crippen LogP contribution in [-0.2, 0) is 21.2 Å².